The van der Waals surface area contributed by atoms with Gasteiger partial charge in [-0.2, -0.15) is 0 Å². The maximum absolute atomic E-state index is 12.5. The van der Waals surface area contributed by atoms with Crippen molar-refractivity contribution in [3.63, 3.8) is 0 Å². The van der Waals surface area contributed by atoms with Crippen molar-refractivity contribution in [3.8, 4) is 0 Å². The lowest BCUT2D eigenvalue weighted by molar-refractivity contribution is -0.137. The van der Waals surface area contributed by atoms with Gasteiger partial charge in [-0.3, -0.25) is 9.59 Å². The number of aromatic nitrogens is 1. The van der Waals surface area contributed by atoms with Crippen molar-refractivity contribution in [2.24, 2.45) is 0 Å². The topological polar surface area (TPSA) is 83.6 Å². The van der Waals surface area contributed by atoms with Gasteiger partial charge in [0, 0.05) is 17.6 Å². The van der Waals surface area contributed by atoms with Crippen LogP contribution in [-0.2, 0) is 11.3 Å². The van der Waals surface area contributed by atoms with Crippen molar-refractivity contribution in [2.75, 3.05) is 6.54 Å². The molecule has 116 valence electrons. The summed E-state index contributed by atoms with van der Waals surface area (Å²) < 4.78 is 5.94. The maximum Gasteiger partial charge on any atom is 0.305 e. The predicted molar refractivity (Wildman–Crippen MR) is 82.4 cm³/mol. The van der Waals surface area contributed by atoms with E-state index in [2.05, 4.69) is 20.9 Å². The van der Waals surface area contributed by atoms with Crippen LogP contribution in [0.5, 0.6) is 0 Å². The van der Waals surface area contributed by atoms with Gasteiger partial charge in [-0.05, 0) is 24.6 Å². The smallest absolute Gasteiger partial charge is 0.305 e. The Balaban J connectivity index is 2.20. The molecule has 0 unspecified atom stereocenters. The molecule has 0 saturated carbocycles. The van der Waals surface area contributed by atoms with Gasteiger partial charge in [0.1, 0.15) is 5.76 Å². The summed E-state index contributed by atoms with van der Waals surface area (Å²) in [5.41, 5.74) is 1.11. The predicted octanol–water partition coefficient (Wildman–Crippen LogP) is 2.86. The Morgan fingerprint density at radius 3 is 2.77 bits per heavy atom. The number of benzene rings is 1. The fourth-order valence-electron chi connectivity index (χ4n) is 2.00. The van der Waals surface area contributed by atoms with Crippen molar-refractivity contribution in [1.29, 1.82) is 0 Å². The lowest BCUT2D eigenvalue weighted by Crippen LogP contribution is -2.33. The average Bonchev–Trinajstić information content (AvgIpc) is 2.88. The third-order valence-corrected chi connectivity index (χ3v) is 3.59. The molecule has 0 atom stereocenters. The van der Waals surface area contributed by atoms with Crippen LogP contribution < -0.4 is 0 Å². The van der Waals surface area contributed by atoms with Crippen LogP contribution in [0.15, 0.2) is 39.5 Å². The minimum Gasteiger partial charge on any atom is -0.481 e. The lowest BCUT2D eigenvalue weighted by atomic mass is 10.2. The summed E-state index contributed by atoms with van der Waals surface area (Å²) in [6.45, 7) is 2.06. The number of halogens is 1. The minimum atomic E-state index is -0.955. The molecule has 0 radical (unpaired) electrons. The van der Waals surface area contributed by atoms with Gasteiger partial charge >= 0.3 is 5.97 Å². The molecule has 6 nitrogen and oxygen atoms in total. The first-order valence-corrected chi connectivity index (χ1v) is 7.42. The van der Waals surface area contributed by atoms with E-state index >= 15 is 0 Å². The standard InChI is InChI=1S/C15H15BrN2O4/c1-10-14(17-9-22-10)15(21)18(6-5-13(19)20)8-11-3-2-4-12(16)7-11/h2-4,7,9H,5-6,8H2,1H3,(H,19,20). The number of nitrogens with zero attached hydrogens (tertiary/aromatic N) is 2. The summed E-state index contributed by atoms with van der Waals surface area (Å²) in [5.74, 6) is -0.879. The van der Waals surface area contributed by atoms with Gasteiger partial charge < -0.3 is 14.4 Å². The Hall–Kier alpha value is -2.15. The molecule has 1 amide bonds. The lowest BCUT2D eigenvalue weighted by Gasteiger charge is -2.21. The zero-order valence-corrected chi connectivity index (χ0v) is 13.5. The summed E-state index contributed by atoms with van der Waals surface area (Å²) >= 11 is 3.38. The third kappa shape index (κ3) is 4.17. The maximum atomic E-state index is 12.5. The first kappa shape index (κ1) is 16.2. The Labute approximate surface area is 135 Å². The van der Waals surface area contributed by atoms with Gasteiger partial charge in [0.05, 0.1) is 6.42 Å². The number of amides is 1. The van der Waals surface area contributed by atoms with Crippen LogP contribution in [-0.4, -0.2) is 33.4 Å². The van der Waals surface area contributed by atoms with Crippen LogP contribution in [0, 0.1) is 6.92 Å². The van der Waals surface area contributed by atoms with E-state index in [1.165, 1.54) is 11.3 Å². The minimum absolute atomic E-state index is 0.104. The Morgan fingerprint density at radius 1 is 1.41 bits per heavy atom. The molecule has 0 fully saturated rings. The van der Waals surface area contributed by atoms with Crippen molar-refractivity contribution >= 4 is 27.8 Å². The highest BCUT2D eigenvalue weighted by atomic mass is 79.9. The summed E-state index contributed by atoms with van der Waals surface area (Å²) in [7, 11) is 0. The molecule has 2 aromatic rings. The summed E-state index contributed by atoms with van der Waals surface area (Å²) in [6, 6.07) is 7.51. The van der Waals surface area contributed by atoms with Crippen molar-refractivity contribution in [1.82, 2.24) is 9.88 Å². The first-order chi connectivity index (χ1) is 10.5. The molecule has 0 saturated heterocycles. The molecule has 22 heavy (non-hydrogen) atoms. The van der Waals surface area contributed by atoms with Crippen LogP contribution >= 0.6 is 15.9 Å². The van der Waals surface area contributed by atoms with Crippen molar-refractivity contribution < 1.29 is 19.1 Å². The number of hydrogen-bond acceptors (Lipinski definition) is 4. The third-order valence-electron chi connectivity index (χ3n) is 3.09. The molecule has 0 bridgehead atoms. The molecule has 7 heteroatoms. The Kier molecular flexibility index (Phi) is 5.32. The van der Waals surface area contributed by atoms with Crippen LogP contribution in [0.4, 0.5) is 0 Å². The second-order valence-corrected chi connectivity index (χ2v) is 5.67. The van der Waals surface area contributed by atoms with Gasteiger partial charge in [-0.25, -0.2) is 4.98 Å². The molecule has 0 spiro atoms. The van der Waals surface area contributed by atoms with E-state index in [0.29, 0.717) is 12.3 Å². The second kappa shape index (κ2) is 7.22. The van der Waals surface area contributed by atoms with E-state index < -0.39 is 5.97 Å². The van der Waals surface area contributed by atoms with Gasteiger partial charge in [0.15, 0.2) is 12.1 Å². The molecular formula is C15H15BrN2O4. The Morgan fingerprint density at radius 2 is 2.18 bits per heavy atom. The highest BCUT2D eigenvalue weighted by molar-refractivity contribution is 9.10. The van der Waals surface area contributed by atoms with E-state index in [1.807, 2.05) is 24.3 Å². The fourth-order valence-corrected chi connectivity index (χ4v) is 2.45. The molecule has 1 N–H and O–H groups in total. The SMILES string of the molecule is Cc1ocnc1C(=O)N(CCC(=O)O)Cc1cccc(Br)c1. The Bertz CT molecular complexity index is 684. The van der Waals surface area contributed by atoms with E-state index in [9.17, 15) is 9.59 Å². The molecule has 1 aromatic carbocycles. The van der Waals surface area contributed by atoms with Crippen LogP contribution in [0.25, 0.3) is 0 Å². The van der Waals surface area contributed by atoms with E-state index in [4.69, 9.17) is 9.52 Å². The number of carboxylic acids is 1. The summed E-state index contributed by atoms with van der Waals surface area (Å²) in [6.07, 6.45) is 1.08. The monoisotopic (exact) mass is 366 g/mol. The van der Waals surface area contributed by atoms with Crippen LogP contribution in [0.3, 0.4) is 0 Å². The molecule has 0 aliphatic heterocycles. The normalized spacial score (nSPS) is 10.5. The van der Waals surface area contributed by atoms with E-state index in [1.54, 1.807) is 6.92 Å². The molecule has 1 aromatic heterocycles. The average molecular weight is 367 g/mol. The zero-order chi connectivity index (χ0) is 16.1. The first-order valence-electron chi connectivity index (χ1n) is 6.63. The van der Waals surface area contributed by atoms with Gasteiger partial charge in [0.25, 0.3) is 5.91 Å². The fraction of sp³-hybridized carbons (Fsp3) is 0.267. The van der Waals surface area contributed by atoms with Crippen molar-refractivity contribution in [3.05, 3.63) is 52.1 Å². The summed E-state index contributed by atoms with van der Waals surface area (Å²) in [5, 5.41) is 8.86. The quantitative estimate of drug-likeness (QED) is 0.849. The highest BCUT2D eigenvalue weighted by Gasteiger charge is 2.22. The number of oxazole rings is 1. The van der Waals surface area contributed by atoms with Gasteiger partial charge in [0.2, 0.25) is 0 Å². The zero-order valence-electron chi connectivity index (χ0n) is 12.0. The van der Waals surface area contributed by atoms with Crippen LogP contribution in [0.2, 0.25) is 0 Å². The van der Waals surface area contributed by atoms with E-state index in [0.717, 1.165) is 10.0 Å². The molecule has 1 heterocycles. The second-order valence-electron chi connectivity index (χ2n) is 4.76. The number of aryl methyl sites for hydroxylation is 1. The number of rotatable bonds is 6. The van der Waals surface area contributed by atoms with Crippen molar-refractivity contribution in [2.45, 2.75) is 19.9 Å². The van der Waals surface area contributed by atoms with Crippen LogP contribution in [0.1, 0.15) is 28.2 Å². The molecular weight excluding hydrogens is 352 g/mol. The molecule has 2 rings (SSSR count). The highest BCUT2D eigenvalue weighted by Crippen LogP contribution is 2.16. The van der Waals surface area contributed by atoms with E-state index in [-0.39, 0.29) is 24.6 Å². The number of carbonyl (C=O) groups is 2. The molecule has 0 aliphatic rings. The largest absolute Gasteiger partial charge is 0.481 e. The molecule has 0 aliphatic carbocycles. The van der Waals surface area contributed by atoms with Gasteiger partial charge in [-0.1, -0.05) is 28.1 Å². The van der Waals surface area contributed by atoms with Gasteiger partial charge in [-0.15, -0.1) is 0 Å². The number of hydrogen-bond donors (Lipinski definition) is 1. The summed E-state index contributed by atoms with van der Waals surface area (Å²) in [4.78, 5) is 28.7. The number of carboxylic acid groups (broad SMARTS) is 1. The number of carbonyl (C=O) groups excluding carboxylic acids is 1. The number of aliphatic carboxylic acids is 1.